The summed E-state index contributed by atoms with van der Waals surface area (Å²) >= 11 is 1.02. The minimum Gasteiger partial charge on any atom is -0.324 e. The molecule has 0 atom stereocenters. The van der Waals surface area contributed by atoms with E-state index in [4.69, 9.17) is 0 Å². The van der Waals surface area contributed by atoms with E-state index in [2.05, 4.69) is 10.6 Å². The molecular weight excluding hydrogens is 309 g/mol. The summed E-state index contributed by atoms with van der Waals surface area (Å²) in [4.78, 5) is 34.3. The van der Waals surface area contributed by atoms with Gasteiger partial charge in [0.2, 0.25) is 11.8 Å². The van der Waals surface area contributed by atoms with E-state index in [1.807, 2.05) is 0 Å². The second-order valence-electron chi connectivity index (χ2n) is 4.65. The van der Waals surface area contributed by atoms with Crippen LogP contribution in [0.25, 0.3) is 0 Å². The Morgan fingerprint density at radius 1 is 1.32 bits per heavy atom. The standard InChI is InChI=1S/C14H14FN3O3S/c1-8-7-22-14(21)18(8)6-13(20)17-10-3-4-11(15)12(5-10)16-9(2)19/h3-5,7H,6H2,1-2H3,(H,16,19)(H,17,20). The number of halogens is 1. The third-order valence-electron chi connectivity index (χ3n) is 2.84. The van der Waals surface area contributed by atoms with Gasteiger partial charge in [0, 0.05) is 23.7 Å². The molecule has 2 N–H and O–H groups in total. The molecule has 0 fully saturated rings. The molecule has 1 heterocycles. The molecule has 116 valence electrons. The maximum Gasteiger partial charge on any atom is 0.307 e. The van der Waals surface area contributed by atoms with E-state index in [9.17, 15) is 18.8 Å². The van der Waals surface area contributed by atoms with Gasteiger partial charge in [0.1, 0.15) is 12.4 Å². The van der Waals surface area contributed by atoms with Crippen molar-refractivity contribution in [3.05, 3.63) is 44.8 Å². The fraction of sp³-hybridized carbons (Fsp3) is 0.214. The van der Waals surface area contributed by atoms with Crippen molar-refractivity contribution < 1.29 is 14.0 Å². The van der Waals surface area contributed by atoms with Crippen molar-refractivity contribution in [1.82, 2.24) is 4.57 Å². The number of thiazole rings is 1. The molecule has 22 heavy (non-hydrogen) atoms. The third-order valence-corrected chi connectivity index (χ3v) is 3.72. The van der Waals surface area contributed by atoms with Gasteiger partial charge in [0.15, 0.2) is 0 Å². The van der Waals surface area contributed by atoms with Gasteiger partial charge in [-0.3, -0.25) is 19.0 Å². The summed E-state index contributed by atoms with van der Waals surface area (Å²) in [7, 11) is 0. The molecule has 0 saturated heterocycles. The van der Waals surface area contributed by atoms with Gasteiger partial charge in [0.05, 0.1) is 5.69 Å². The van der Waals surface area contributed by atoms with Gasteiger partial charge < -0.3 is 10.6 Å². The zero-order valence-corrected chi connectivity index (χ0v) is 12.8. The predicted octanol–water partition coefficient (Wildman–Crippen LogP) is 1.95. The summed E-state index contributed by atoms with van der Waals surface area (Å²) in [6, 6.07) is 3.84. The van der Waals surface area contributed by atoms with Gasteiger partial charge in [-0.15, -0.1) is 0 Å². The summed E-state index contributed by atoms with van der Waals surface area (Å²) < 4.78 is 14.9. The number of carbonyl (C=O) groups is 2. The number of rotatable bonds is 4. The highest BCUT2D eigenvalue weighted by atomic mass is 32.1. The number of benzene rings is 1. The third kappa shape index (κ3) is 3.79. The van der Waals surface area contributed by atoms with Crippen LogP contribution in [-0.2, 0) is 16.1 Å². The Balaban J connectivity index is 2.12. The van der Waals surface area contributed by atoms with E-state index in [-0.39, 0.29) is 17.1 Å². The zero-order valence-electron chi connectivity index (χ0n) is 12.0. The topological polar surface area (TPSA) is 80.2 Å². The molecule has 2 aromatic rings. The van der Waals surface area contributed by atoms with Crippen molar-refractivity contribution in [2.24, 2.45) is 0 Å². The van der Waals surface area contributed by atoms with Crippen LogP contribution < -0.4 is 15.5 Å². The molecule has 1 aromatic carbocycles. The highest BCUT2D eigenvalue weighted by molar-refractivity contribution is 7.07. The minimum atomic E-state index is -0.599. The quantitative estimate of drug-likeness (QED) is 0.902. The van der Waals surface area contributed by atoms with Crippen LogP contribution in [0.1, 0.15) is 12.6 Å². The minimum absolute atomic E-state index is 0.0193. The average molecular weight is 323 g/mol. The number of hydrogen-bond donors (Lipinski definition) is 2. The summed E-state index contributed by atoms with van der Waals surface area (Å²) in [6.07, 6.45) is 0. The molecule has 0 unspecified atom stereocenters. The molecule has 1 aromatic heterocycles. The van der Waals surface area contributed by atoms with Crippen LogP contribution in [0.15, 0.2) is 28.4 Å². The van der Waals surface area contributed by atoms with E-state index >= 15 is 0 Å². The largest absolute Gasteiger partial charge is 0.324 e. The van der Waals surface area contributed by atoms with Crippen LogP contribution in [-0.4, -0.2) is 16.4 Å². The SMILES string of the molecule is CC(=O)Nc1cc(NC(=O)Cn2c(C)csc2=O)ccc1F. The number of amides is 2. The first kappa shape index (κ1) is 15.9. The second-order valence-corrected chi connectivity index (χ2v) is 5.47. The van der Waals surface area contributed by atoms with Gasteiger partial charge in [-0.25, -0.2) is 4.39 Å². The molecule has 0 radical (unpaired) electrons. The number of anilines is 2. The second kappa shape index (κ2) is 6.52. The van der Waals surface area contributed by atoms with Crippen molar-refractivity contribution in [3.8, 4) is 0 Å². The van der Waals surface area contributed by atoms with Gasteiger partial charge in [-0.1, -0.05) is 11.3 Å². The summed E-state index contributed by atoms with van der Waals surface area (Å²) in [5.41, 5.74) is 1.01. The van der Waals surface area contributed by atoms with Crippen LogP contribution in [0.2, 0.25) is 0 Å². The Morgan fingerprint density at radius 3 is 2.64 bits per heavy atom. The summed E-state index contributed by atoms with van der Waals surface area (Å²) in [6.45, 7) is 2.87. The number of carbonyl (C=O) groups excluding carboxylic acids is 2. The van der Waals surface area contributed by atoms with E-state index in [0.29, 0.717) is 11.4 Å². The molecular formula is C14H14FN3O3S. The number of aromatic nitrogens is 1. The van der Waals surface area contributed by atoms with Crippen LogP contribution in [0.4, 0.5) is 15.8 Å². The fourth-order valence-electron chi connectivity index (χ4n) is 1.83. The average Bonchev–Trinajstić information content (AvgIpc) is 2.74. The number of nitrogens with one attached hydrogen (secondary N) is 2. The van der Waals surface area contributed by atoms with E-state index < -0.39 is 17.6 Å². The van der Waals surface area contributed by atoms with Crippen LogP contribution in [0, 0.1) is 12.7 Å². The molecule has 2 rings (SSSR count). The van der Waals surface area contributed by atoms with Crippen LogP contribution >= 0.6 is 11.3 Å². The monoisotopic (exact) mass is 323 g/mol. The first-order valence-electron chi connectivity index (χ1n) is 6.38. The van der Waals surface area contributed by atoms with Gasteiger partial charge in [-0.2, -0.15) is 0 Å². The first-order valence-corrected chi connectivity index (χ1v) is 7.26. The summed E-state index contributed by atoms with van der Waals surface area (Å²) in [5, 5.41) is 6.56. The van der Waals surface area contributed by atoms with Gasteiger partial charge in [0.25, 0.3) is 0 Å². The fourth-order valence-corrected chi connectivity index (χ4v) is 2.56. The van der Waals surface area contributed by atoms with Crippen molar-refractivity contribution in [3.63, 3.8) is 0 Å². The molecule has 0 aliphatic carbocycles. The number of hydrogen-bond acceptors (Lipinski definition) is 4. The number of nitrogens with zero attached hydrogens (tertiary/aromatic N) is 1. The zero-order chi connectivity index (χ0) is 16.3. The predicted molar refractivity (Wildman–Crippen MR) is 82.6 cm³/mol. The Labute approximate surface area is 129 Å². The molecule has 8 heteroatoms. The van der Waals surface area contributed by atoms with Crippen LogP contribution in [0.3, 0.4) is 0 Å². The van der Waals surface area contributed by atoms with Crippen molar-refractivity contribution in [1.29, 1.82) is 0 Å². The maximum atomic E-state index is 13.5. The lowest BCUT2D eigenvalue weighted by atomic mass is 10.2. The molecule has 0 aliphatic rings. The normalized spacial score (nSPS) is 10.3. The molecule has 0 saturated carbocycles. The first-order chi connectivity index (χ1) is 10.4. The molecule has 0 spiro atoms. The Morgan fingerprint density at radius 2 is 2.05 bits per heavy atom. The highest BCUT2D eigenvalue weighted by Gasteiger charge is 2.10. The van der Waals surface area contributed by atoms with E-state index in [1.165, 1.54) is 23.6 Å². The lowest BCUT2D eigenvalue weighted by Gasteiger charge is -2.09. The van der Waals surface area contributed by atoms with Crippen LogP contribution in [0.5, 0.6) is 0 Å². The molecule has 6 nitrogen and oxygen atoms in total. The molecule has 0 bridgehead atoms. The number of aryl methyl sites for hydroxylation is 1. The van der Waals surface area contributed by atoms with Gasteiger partial charge in [-0.05, 0) is 25.1 Å². The van der Waals surface area contributed by atoms with Crippen molar-refractivity contribution in [2.75, 3.05) is 10.6 Å². The Hall–Kier alpha value is -2.48. The lowest BCUT2D eigenvalue weighted by molar-refractivity contribution is -0.117. The summed E-state index contributed by atoms with van der Waals surface area (Å²) in [5.74, 6) is -1.43. The van der Waals surface area contributed by atoms with Crippen molar-refractivity contribution in [2.45, 2.75) is 20.4 Å². The van der Waals surface area contributed by atoms with Gasteiger partial charge >= 0.3 is 4.87 Å². The van der Waals surface area contributed by atoms with E-state index in [0.717, 1.165) is 17.4 Å². The maximum absolute atomic E-state index is 13.5. The lowest BCUT2D eigenvalue weighted by Crippen LogP contribution is -2.25. The molecule has 0 aliphatic heterocycles. The smallest absolute Gasteiger partial charge is 0.307 e. The Bertz CT molecular complexity index is 782. The van der Waals surface area contributed by atoms with Crippen molar-refractivity contribution >= 4 is 34.5 Å². The Kier molecular flexibility index (Phi) is 4.71. The molecule has 2 amide bonds. The van der Waals surface area contributed by atoms with E-state index in [1.54, 1.807) is 12.3 Å². The highest BCUT2D eigenvalue weighted by Crippen LogP contribution is 2.19.